The second-order valence-electron chi connectivity index (χ2n) is 4.84. The first-order valence-electron chi connectivity index (χ1n) is 7.38. The van der Waals surface area contributed by atoms with Gasteiger partial charge in [0.25, 0.3) is 0 Å². The van der Waals surface area contributed by atoms with Gasteiger partial charge in [-0.25, -0.2) is 0 Å². The number of carbonyl (C=O) groups is 3. The topological polar surface area (TPSA) is 97.6 Å². The normalized spacial score (nSPS) is 12.0. The van der Waals surface area contributed by atoms with Crippen LogP contribution >= 0.6 is 0 Å². The van der Waals surface area contributed by atoms with Crippen molar-refractivity contribution in [3.8, 4) is 0 Å². The van der Waals surface area contributed by atoms with Crippen LogP contribution in [0, 0.1) is 0 Å². The maximum Gasteiger partial charge on any atom is 0.305 e. The van der Waals surface area contributed by atoms with Gasteiger partial charge in [0, 0.05) is 19.0 Å². The lowest BCUT2D eigenvalue weighted by Gasteiger charge is -2.11. The van der Waals surface area contributed by atoms with Crippen molar-refractivity contribution in [2.24, 2.45) is 0 Å². The SMILES string of the molecule is CCNC(=O)[C@@H](C)NC(=O)/C=C/c1ccc(CCC(=O)OC)o1. The number of aryl methyl sites for hydroxylation is 1. The van der Waals surface area contributed by atoms with Gasteiger partial charge >= 0.3 is 5.97 Å². The number of carbonyl (C=O) groups excluding carboxylic acids is 3. The molecule has 0 radical (unpaired) electrons. The maximum atomic E-state index is 11.7. The number of nitrogens with one attached hydrogen (secondary N) is 2. The van der Waals surface area contributed by atoms with E-state index in [-0.39, 0.29) is 18.3 Å². The van der Waals surface area contributed by atoms with Crippen LogP contribution in [0.5, 0.6) is 0 Å². The Morgan fingerprint density at radius 3 is 2.74 bits per heavy atom. The molecular weight excluding hydrogens is 300 g/mol. The molecule has 0 bridgehead atoms. The first-order chi connectivity index (χ1) is 11.0. The van der Waals surface area contributed by atoms with Crippen LogP contribution in [-0.2, 0) is 25.5 Å². The average Bonchev–Trinajstić information content (AvgIpc) is 2.98. The van der Waals surface area contributed by atoms with Crippen molar-refractivity contribution in [1.29, 1.82) is 0 Å². The summed E-state index contributed by atoms with van der Waals surface area (Å²) in [6.07, 6.45) is 3.46. The van der Waals surface area contributed by atoms with E-state index in [1.165, 1.54) is 19.3 Å². The lowest BCUT2D eigenvalue weighted by molar-refractivity contribution is -0.140. The molecule has 0 saturated carbocycles. The third kappa shape index (κ3) is 6.82. The van der Waals surface area contributed by atoms with Gasteiger partial charge in [-0.3, -0.25) is 14.4 Å². The van der Waals surface area contributed by atoms with Crippen molar-refractivity contribution in [1.82, 2.24) is 10.6 Å². The fourth-order valence-electron chi connectivity index (χ4n) is 1.76. The Morgan fingerprint density at radius 2 is 2.09 bits per heavy atom. The molecule has 0 spiro atoms. The lowest BCUT2D eigenvalue weighted by atomic mass is 10.2. The number of hydrogen-bond donors (Lipinski definition) is 2. The highest BCUT2D eigenvalue weighted by Gasteiger charge is 2.12. The van der Waals surface area contributed by atoms with Crippen LogP contribution in [0.3, 0.4) is 0 Å². The quantitative estimate of drug-likeness (QED) is 0.550. The predicted octanol–water partition coefficient (Wildman–Crippen LogP) is 1.04. The highest BCUT2D eigenvalue weighted by molar-refractivity contribution is 5.95. The van der Waals surface area contributed by atoms with E-state index in [1.807, 2.05) is 0 Å². The standard InChI is InChI=1S/C16H22N2O5/c1-4-17-16(21)11(2)18-14(19)9-7-12-5-6-13(23-12)8-10-15(20)22-3/h5-7,9,11H,4,8,10H2,1-3H3,(H,17,21)(H,18,19)/b9-7+/t11-/m1/s1. The summed E-state index contributed by atoms with van der Waals surface area (Å²) in [4.78, 5) is 34.3. The number of rotatable bonds is 8. The number of likely N-dealkylation sites (N-methyl/N-ethyl adjacent to an activating group) is 1. The molecule has 1 rings (SSSR count). The molecule has 0 aliphatic rings. The molecule has 2 N–H and O–H groups in total. The minimum Gasteiger partial charge on any atom is -0.469 e. The molecule has 0 fully saturated rings. The molecule has 0 saturated heterocycles. The molecule has 2 amide bonds. The van der Waals surface area contributed by atoms with Gasteiger partial charge in [-0.1, -0.05) is 0 Å². The third-order valence-corrected chi connectivity index (χ3v) is 2.99. The maximum absolute atomic E-state index is 11.7. The lowest BCUT2D eigenvalue weighted by Crippen LogP contribution is -2.44. The largest absolute Gasteiger partial charge is 0.469 e. The number of hydrogen-bond acceptors (Lipinski definition) is 5. The first kappa shape index (κ1) is 18.5. The molecule has 0 aliphatic carbocycles. The van der Waals surface area contributed by atoms with Crippen LogP contribution in [0.15, 0.2) is 22.6 Å². The van der Waals surface area contributed by atoms with E-state index >= 15 is 0 Å². The summed E-state index contributed by atoms with van der Waals surface area (Å²) in [5.74, 6) is 0.183. The smallest absolute Gasteiger partial charge is 0.305 e. The third-order valence-electron chi connectivity index (χ3n) is 2.99. The summed E-state index contributed by atoms with van der Waals surface area (Å²) < 4.78 is 10.0. The Labute approximate surface area is 135 Å². The number of esters is 1. The zero-order valence-corrected chi connectivity index (χ0v) is 13.5. The van der Waals surface area contributed by atoms with Crippen molar-refractivity contribution >= 4 is 23.9 Å². The molecule has 1 atom stereocenters. The van der Waals surface area contributed by atoms with Crippen LogP contribution in [0.2, 0.25) is 0 Å². The molecule has 7 heteroatoms. The monoisotopic (exact) mass is 322 g/mol. The van der Waals surface area contributed by atoms with Gasteiger partial charge in [-0.2, -0.15) is 0 Å². The summed E-state index contributed by atoms with van der Waals surface area (Å²) in [5, 5.41) is 5.17. The van der Waals surface area contributed by atoms with Crippen molar-refractivity contribution < 1.29 is 23.5 Å². The number of amides is 2. The van der Waals surface area contributed by atoms with E-state index < -0.39 is 11.9 Å². The zero-order chi connectivity index (χ0) is 17.2. The average molecular weight is 322 g/mol. The Balaban J connectivity index is 2.47. The Bertz CT molecular complexity index is 577. The fraction of sp³-hybridized carbons (Fsp3) is 0.438. The fourth-order valence-corrected chi connectivity index (χ4v) is 1.76. The molecular formula is C16H22N2O5. The van der Waals surface area contributed by atoms with Crippen LogP contribution in [0.4, 0.5) is 0 Å². The number of furan rings is 1. The summed E-state index contributed by atoms with van der Waals surface area (Å²) in [5.41, 5.74) is 0. The van der Waals surface area contributed by atoms with Crippen LogP contribution in [-0.4, -0.2) is 37.5 Å². The van der Waals surface area contributed by atoms with Gasteiger partial charge in [-0.15, -0.1) is 0 Å². The van der Waals surface area contributed by atoms with Gasteiger partial charge < -0.3 is 19.8 Å². The van der Waals surface area contributed by atoms with Crippen LogP contribution < -0.4 is 10.6 Å². The highest BCUT2D eigenvalue weighted by Crippen LogP contribution is 2.11. The molecule has 126 valence electrons. The zero-order valence-electron chi connectivity index (χ0n) is 13.5. The molecule has 7 nitrogen and oxygen atoms in total. The van der Waals surface area contributed by atoms with Crippen molar-refractivity contribution in [2.75, 3.05) is 13.7 Å². The second-order valence-corrected chi connectivity index (χ2v) is 4.84. The summed E-state index contributed by atoms with van der Waals surface area (Å²) in [6.45, 7) is 3.92. The molecule has 0 unspecified atom stereocenters. The molecule has 0 aromatic carbocycles. The molecule has 0 aliphatic heterocycles. The first-order valence-corrected chi connectivity index (χ1v) is 7.38. The van der Waals surface area contributed by atoms with Crippen LogP contribution in [0.25, 0.3) is 6.08 Å². The van der Waals surface area contributed by atoms with Crippen molar-refractivity contribution in [3.05, 3.63) is 29.7 Å². The summed E-state index contributed by atoms with van der Waals surface area (Å²) in [6, 6.07) is 2.82. The van der Waals surface area contributed by atoms with Gasteiger partial charge in [-0.05, 0) is 32.1 Å². The highest BCUT2D eigenvalue weighted by atomic mass is 16.5. The number of ether oxygens (including phenoxy) is 1. The van der Waals surface area contributed by atoms with E-state index in [4.69, 9.17) is 4.42 Å². The van der Waals surface area contributed by atoms with Crippen LogP contribution in [0.1, 0.15) is 31.8 Å². The van der Waals surface area contributed by atoms with Crippen molar-refractivity contribution in [2.45, 2.75) is 32.7 Å². The van der Waals surface area contributed by atoms with Crippen molar-refractivity contribution in [3.63, 3.8) is 0 Å². The molecule has 23 heavy (non-hydrogen) atoms. The van der Waals surface area contributed by atoms with Gasteiger partial charge in [0.15, 0.2) is 0 Å². The predicted molar refractivity (Wildman–Crippen MR) is 84.4 cm³/mol. The van der Waals surface area contributed by atoms with E-state index in [9.17, 15) is 14.4 Å². The van der Waals surface area contributed by atoms with E-state index in [2.05, 4.69) is 15.4 Å². The Kier molecular flexibility index (Phi) is 7.59. The molecule has 1 heterocycles. The van der Waals surface area contributed by atoms with Gasteiger partial charge in [0.2, 0.25) is 11.8 Å². The van der Waals surface area contributed by atoms with E-state index in [1.54, 1.807) is 26.0 Å². The number of methoxy groups -OCH3 is 1. The van der Waals surface area contributed by atoms with E-state index in [0.717, 1.165) is 0 Å². The molecule has 1 aromatic rings. The van der Waals surface area contributed by atoms with Gasteiger partial charge in [0.1, 0.15) is 17.6 Å². The summed E-state index contributed by atoms with van der Waals surface area (Å²) in [7, 11) is 1.33. The Hall–Kier alpha value is -2.57. The molecule has 1 aromatic heterocycles. The summed E-state index contributed by atoms with van der Waals surface area (Å²) >= 11 is 0. The Morgan fingerprint density at radius 1 is 1.35 bits per heavy atom. The van der Waals surface area contributed by atoms with E-state index in [0.29, 0.717) is 24.5 Å². The van der Waals surface area contributed by atoms with Gasteiger partial charge in [0.05, 0.1) is 13.5 Å². The minimum atomic E-state index is -0.612. The second kappa shape index (κ2) is 9.45. The minimum absolute atomic E-state index is 0.234.